The molecule has 0 atom stereocenters. The first kappa shape index (κ1) is 15.7. The van der Waals surface area contributed by atoms with E-state index in [2.05, 4.69) is 4.98 Å². The Bertz CT molecular complexity index is 722. The molecular formula is C15H17N3O4. The summed E-state index contributed by atoms with van der Waals surface area (Å²) in [7, 11) is 0. The maximum atomic E-state index is 12.0. The number of benzene rings is 1. The lowest BCUT2D eigenvalue weighted by atomic mass is 10.1. The lowest BCUT2D eigenvalue weighted by molar-refractivity contribution is -0.392. The van der Waals surface area contributed by atoms with Crippen LogP contribution >= 0.6 is 0 Å². The van der Waals surface area contributed by atoms with E-state index in [0.29, 0.717) is 11.4 Å². The number of imidazole rings is 1. The second-order valence-electron chi connectivity index (χ2n) is 5.01. The fraction of sp³-hybridized carbons (Fsp3) is 0.333. The molecular weight excluding hydrogens is 286 g/mol. The van der Waals surface area contributed by atoms with Gasteiger partial charge in [0.2, 0.25) is 0 Å². The van der Waals surface area contributed by atoms with Crippen LogP contribution in [0.1, 0.15) is 27.3 Å². The van der Waals surface area contributed by atoms with Crippen molar-refractivity contribution in [1.29, 1.82) is 0 Å². The van der Waals surface area contributed by atoms with Crippen molar-refractivity contribution >= 4 is 11.8 Å². The number of esters is 1. The highest BCUT2D eigenvalue weighted by atomic mass is 16.6. The summed E-state index contributed by atoms with van der Waals surface area (Å²) in [4.78, 5) is 26.2. The molecule has 0 saturated heterocycles. The summed E-state index contributed by atoms with van der Waals surface area (Å²) in [6.07, 6.45) is 1.19. The highest BCUT2D eigenvalue weighted by molar-refractivity contribution is 5.89. The molecule has 0 radical (unpaired) electrons. The van der Waals surface area contributed by atoms with Gasteiger partial charge in [0.05, 0.1) is 5.56 Å². The van der Waals surface area contributed by atoms with E-state index in [9.17, 15) is 14.9 Å². The molecule has 1 heterocycles. The van der Waals surface area contributed by atoms with E-state index in [1.54, 1.807) is 19.1 Å². The van der Waals surface area contributed by atoms with E-state index in [-0.39, 0.29) is 19.0 Å². The number of rotatable bonds is 5. The van der Waals surface area contributed by atoms with Crippen molar-refractivity contribution in [2.75, 3.05) is 6.61 Å². The zero-order valence-electron chi connectivity index (χ0n) is 12.7. The molecule has 7 nitrogen and oxygen atoms in total. The summed E-state index contributed by atoms with van der Waals surface area (Å²) in [5.41, 5.74) is 2.58. The predicted molar refractivity (Wildman–Crippen MR) is 79.8 cm³/mol. The third-order valence-corrected chi connectivity index (χ3v) is 3.51. The Morgan fingerprint density at radius 3 is 2.68 bits per heavy atom. The van der Waals surface area contributed by atoms with Crippen LogP contribution in [-0.4, -0.2) is 27.1 Å². The molecule has 0 aliphatic carbocycles. The van der Waals surface area contributed by atoms with Crippen LogP contribution in [-0.2, 0) is 11.3 Å². The molecule has 0 aliphatic rings. The number of aromatic nitrogens is 2. The zero-order valence-corrected chi connectivity index (χ0v) is 12.7. The Hall–Kier alpha value is -2.70. The quantitative estimate of drug-likeness (QED) is 0.481. The highest BCUT2D eigenvalue weighted by Gasteiger charge is 2.17. The van der Waals surface area contributed by atoms with E-state index < -0.39 is 10.9 Å². The van der Waals surface area contributed by atoms with E-state index in [1.165, 1.54) is 10.8 Å². The van der Waals surface area contributed by atoms with Gasteiger partial charge in [0.15, 0.2) is 5.82 Å². The largest absolute Gasteiger partial charge is 0.458 e. The van der Waals surface area contributed by atoms with Crippen molar-refractivity contribution in [3.63, 3.8) is 0 Å². The average Bonchev–Trinajstić information content (AvgIpc) is 2.83. The van der Waals surface area contributed by atoms with Crippen LogP contribution in [0, 0.1) is 30.9 Å². The van der Waals surface area contributed by atoms with E-state index >= 15 is 0 Å². The predicted octanol–water partition coefficient (Wildman–Crippen LogP) is 2.57. The molecule has 0 saturated carbocycles. The molecule has 7 heteroatoms. The molecule has 0 unspecified atom stereocenters. The molecule has 1 aromatic heterocycles. The fourth-order valence-electron chi connectivity index (χ4n) is 2.06. The van der Waals surface area contributed by atoms with E-state index in [1.807, 2.05) is 19.9 Å². The maximum absolute atomic E-state index is 12.0. The topological polar surface area (TPSA) is 87.3 Å². The summed E-state index contributed by atoms with van der Waals surface area (Å²) in [5, 5.41) is 10.9. The van der Waals surface area contributed by atoms with Gasteiger partial charge in [-0.2, -0.15) is 0 Å². The summed E-state index contributed by atoms with van der Waals surface area (Å²) in [5.74, 6) is -0.0443. The van der Waals surface area contributed by atoms with Gasteiger partial charge in [0, 0.05) is 6.92 Å². The summed E-state index contributed by atoms with van der Waals surface area (Å²) in [6.45, 7) is 5.79. The number of carbonyl (C=O) groups excluding carboxylic acids is 1. The summed E-state index contributed by atoms with van der Waals surface area (Å²) >= 11 is 0. The van der Waals surface area contributed by atoms with Crippen LogP contribution in [0.15, 0.2) is 24.4 Å². The van der Waals surface area contributed by atoms with E-state index in [0.717, 1.165) is 11.1 Å². The number of nitrogens with zero attached hydrogens (tertiary/aromatic N) is 3. The van der Waals surface area contributed by atoms with Crippen LogP contribution < -0.4 is 0 Å². The van der Waals surface area contributed by atoms with Gasteiger partial charge in [0.25, 0.3) is 0 Å². The average molecular weight is 303 g/mol. The van der Waals surface area contributed by atoms with Gasteiger partial charge < -0.3 is 14.9 Å². The Kier molecular flexibility index (Phi) is 4.55. The van der Waals surface area contributed by atoms with Crippen molar-refractivity contribution in [2.45, 2.75) is 27.3 Å². The van der Waals surface area contributed by atoms with Crippen molar-refractivity contribution < 1.29 is 14.5 Å². The van der Waals surface area contributed by atoms with Gasteiger partial charge in [-0.15, -0.1) is 0 Å². The van der Waals surface area contributed by atoms with Crippen LogP contribution in [0.3, 0.4) is 0 Å². The Balaban J connectivity index is 1.99. The smallest absolute Gasteiger partial charge is 0.342 e. The van der Waals surface area contributed by atoms with Gasteiger partial charge in [-0.3, -0.25) is 0 Å². The second-order valence-corrected chi connectivity index (χ2v) is 5.01. The number of carbonyl (C=O) groups is 1. The van der Waals surface area contributed by atoms with Gasteiger partial charge in [-0.1, -0.05) is 6.07 Å². The molecule has 22 heavy (non-hydrogen) atoms. The lowest BCUT2D eigenvalue weighted by Gasteiger charge is -2.07. The zero-order chi connectivity index (χ0) is 16.3. The molecule has 0 fully saturated rings. The molecule has 1 aromatic carbocycles. The summed E-state index contributed by atoms with van der Waals surface area (Å²) < 4.78 is 6.59. The van der Waals surface area contributed by atoms with Crippen molar-refractivity contribution in [3.05, 3.63) is 57.0 Å². The monoisotopic (exact) mass is 303 g/mol. The number of ether oxygens (including phenoxy) is 1. The molecule has 2 rings (SSSR count). The molecule has 116 valence electrons. The van der Waals surface area contributed by atoms with Crippen LogP contribution in [0.25, 0.3) is 0 Å². The molecule has 0 amide bonds. The summed E-state index contributed by atoms with van der Waals surface area (Å²) in [6, 6.07) is 5.33. The lowest BCUT2D eigenvalue weighted by Crippen LogP contribution is -2.14. The first-order chi connectivity index (χ1) is 10.4. The first-order valence-electron chi connectivity index (χ1n) is 6.81. The third-order valence-electron chi connectivity index (χ3n) is 3.51. The highest BCUT2D eigenvalue weighted by Crippen LogP contribution is 2.14. The second kappa shape index (κ2) is 6.38. The number of hydrogen-bond donors (Lipinski definition) is 0. The van der Waals surface area contributed by atoms with Crippen molar-refractivity contribution in [3.8, 4) is 0 Å². The van der Waals surface area contributed by atoms with Gasteiger partial charge >= 0.3 is 11.8 Å². The normalized spacial score (nSPS) is 10.5. The number of aryl methyl sites for hydroxylation is 3. The first-order valence-corrected chi connectivity index (χ1v) is 6.81. The Morgan fingerprint density at radius 2 is 2.05 bits per heavy atom. The molecule has 2 aromatic rings. The van der Waals surface area contributed by atoms with E-state index in [4.69, 9.17) is 4.74 Å². The van der Waals surface area contributed by atoms with Gasteiger partial charge in [0.1, 0.15) is 19.3 Å². The van der Waals surface area contributed by atoms with Gasteiger partial charge in [-0.05, 0) is 42.0 Å². The number of hydrogen-bond acceptors (Lipinski definition) is 5. The van der Waals surface area contributed by atoms with Crippen molar-refractivity contribution in [1.82, 2.24) is 9.55 Å². The molecule has 0 N–H and O–H groups in total. The van der Waals surface area contributed by atoms with Gasteiger partial charge in [-0.25, -0.2) is 14.3 Å². The fourth-order valence-corrected chi connectivity index (χ4v) is 2.06. The Labute approximate surface area is 127 Å². The molecule has 0 aliphatic heterocycles. The minimum Gasteiger partial charge on any atom is -0.458 e. The Morgan fingerprint density at radius 1 is 1.32 bits per heavy atom. The third kappa shape index (κ3) is 3.30. The minimum atomic E-state index is -0.509. The van der Waals surface area contributed by atoms with Crippen LogP contribution in [0.4, 0.5) is 5.82 Å². The minimum absolute atomic E-state index is 0.0454. The van der Waals surface area contributed by atoms with Crippen LogP contribution in [0.5, 0.6) is 0 Å². The molecule has 0 bridgehead atoms. The molecule has 0 spiro atoms. The van der Waals surface area contributed by atoms with Crippen molar-refractivity contribution in [2.24, 2.45) is 0 Å². The SMILES string of the molecule is Cc1ccc(C(=O)OCCn2c([N+](=O)[O-])cnc2C)cc1C. The van der Waals surface area contributed by atoms with Crippen LogP contribution in [0.2, 0.25) is 0 Å². The maximum Gasteiger partial charge on any atom is 0.342 e. The number of nitro groups is 1. The standard InChI is InChI=1S/C15H17N3O4/c1-10-4-5-13(8-11(10)2)15(19)22-7-6-17-12(3)16-9-14(17)18(20)21/h4-5,8-9H,6-7H2,1-3H3.